The highest BCUT2D eigenvalue weighted by Gasteiger charge is 2.20. The molecule has 0 aromatic heterocycles. The van der Waals surface area contributed by atoms with Gasteiger partial charge in [-0.3, -0.25) is 4.79 Å². The predicted molar refractivity (Wildman–Crippen MR) is 102 cm³/mol. The van der Waals surface area contributed by atoms with Gasteiger partial charge in [-0.15, -0.1) is 0 Å². The van der Waals surface area contributed by atoms with Crippen molar-refractivity contribution in [3.05, 3.63) is 53.8 Å². The summed E-state index contributed by atoms with van der Waals surface area (Å²) in [7, 11) is -2.38. The predicted octanol–water partition coefficient (Wildman–Crippen LogP) is 3.55. The molecule has 2 aromatic rings. The Kier molecular flexibility index (Phi) is 6.92. The first-order valence-electron chi connectivity index (χ1n) is 8.54. The van der Waals surface area contributed by atoms with Crippen LogP contribution >= 0.6 is 0 Å². The molecule has 0 aliphatic heterocycles. The number of hydrogen-bond acceptors (Lipinski definition) is 4. The van der Waals surface area contributed by atoms with Gasteiger partial charge in [-0.1, -0.05) is 25.5 Å². The lowest BCUT2D eigenvalue weighted by Gasteiger charge is -2.16. The summed E-state index contributed by atoms with van der Waals surface area (Å²) < 4.78 is 46.7. The number of methoxy groups -OCH3 is 1. The first kappa shape index (κ1) is 20.9. The molecule has 6 nitrogen and oxygen atoms in total. The minimum absolute atomic E-state index is 0.0184. The van der Waals surface area contributed by atoms with Gasteiger partial charge in [0.15, 0.2) is 0 Å². The molecule has 8 heteroatoms. The summed E-state index contributed by atoms with van der Waals surface area (Å²) in [6.07, 6.45) is 1.54. The van der Waals surface area contributed by atoms with Crippen molar-refractivity contribution in [1.82, 2.24) is 4.72 Å². The maximum atomic E-state index is 13.8. The Bertz CT molecular complexity index is 916. The van der Waals surface area contributed by atoms with Crippen LogP contribution in [0.2, 0.25) is 0 Å². The van der Waals surface area contributed by atoms with Crippen molar-refractivity contribution in [1.29, 1.82) is 0 Å². The molecule has 2 rings (SSSR count). The van der Waals surface area contributed by atoms with E-state index in [9.17, 15) is 17.6 Å². The SMILES string of the molecule is CCC[C@@H](C)NS(=O)(=O)c1ccc(OC)c(NC(=O)c2ccccc2F)c1. The molecule has 0 radical (unpaired) electrons. The Morgan fingerprint density at radius 3 is 2.56 bits per heavy atom. The van der Waals surface area contributed by atoms with E-state index in [1.807, 2.05) is 6.92 Å². The van der Waals surface area contributed by atoms with E-state index in [2.05, 4.69) is 10.0 Å². The number of amides is 1. The van der Waals surface area contributed by atoms with Gasteiger partial charge < -0.3 is 10.1 Å². The Morgan fingerprint density at radius 1 is 1.22 bits per heavy atom. The average molecular weight is 394 g/mol. The van der Waals surface area contributed by atoms with Gasteiger partial charge >= 0.3 is 0 Å². The monoisotopic (exact) mass is 394 g/mol. The minimum Gasteiger partial charge on any atom is -0.495 e. The average Bonchev–Trinajstić information content (AvgIpc) is 2.61. The van der Waals surface area contributed by atoms with Crippen LogP contribution in [-0.2, 0) is 10.0 Å². The van der Waals surface area contributed by atoms with Gasteiger partial charge in [-0.25, -0.2) is 17.5 Å². The number of carbonyl (C=O) groups is 1. The van der Waals surface area contributed by atoms with Gasteiger partial charge in [-0.2, -0.15) is 0 Å². The fourth-order valence-electron chi connectivity index (χ4n) is 2.61. The molecule has 0 aliphatic rings. The third kappa shape index (κ3) is 5.27. The number of hydrogen-bond donors (Lipinski definition) is 2. The number of anilines is 1. The molecule has 0 saturated heterocycles. The molecule has 0 aliphatic carbocycles. The standard InChI is InChI=1S/C19H23FN2O4S/c1-4-7-13(2)22-27(24,25)14-10-11-18(26-3)17(12-14)21-19(23)15-8-5-6-9-16(15)20/h5-6,8-13,22H,4,7H2,1-3H3,(H,21,23)/t13-/m1/s1. The number of rotatable bonds is 8. The van der Waals surface area contributed by atoms with E-state index in [0.29, 0.717) is 6.42 Å². The van der Waals surface area contributed by atoms with E-state index in [1.54, 1.807) is 6.92 Å². The normalized spacial score (nSPS) is 12.4. The zero-order valence-electron chi connectivity index (χ0n) is 15.5. The van der Waals surface area contributed by atoms with Crippen LogP contribution in [0.4, 0.5) is 10.1 Å². The van der Waals surface area contributed by atoms with Crippen LogP contribution in [0.5, 0.6) is 5.75 Å². The zero-order valence-corrected chi connectivity index (χ0v) is 16.3. The van der Waals surface area contributed by atoms with Gasteiger partial charge in [-0.05, 0) is 43.7 Å². The van der Waals surface area contributed by atoms with Crippen LogP contribution < -0.4 is 14.8 Å². The molecular formula is C19H23FN2O4S. The molecule has 0 spiro atoms. The fourth-order valence-corrected chi connectivity index (χ4v) is 3.92. The number of benzene rings is 2. The van der Waals surface area contributed by atoms with Crippen LogP contribution in [0, 0.1) is 5.82 Å². The number of nitrogens with one attached hydrogen (secondary N) is 2. The molecule has 0 bridgehead atoms. The largest absolute Gasteiger partial charge is 0.495 e. The summed E-state index contributed by atoms with van der Waals surface area (Å²) in [6, 6.07) is 9.42. The fraction of sp³-hybridized carbons (Fsp3) is 0.316. The van der Waals surface area contributed by atoms with Crippen molar-refractivity contribution in [2.24, 2.45) is 0 Å². The molecule has 0 saturated carbocycles. The Balaban J connectivity index is 2.32. The molecule has 1 atom stereocenters. The Labute approximate surface area is 158 Å². The lowest BCUT2D eigenvalue weighted by atomic mass is 10.2. The van der Waals surface area contributed by atoms with Gasteiger partial charge in [0.1, 0.15) is 11.6 Å². The van der Waals surface area contributed by atoms with Gasteiger partial charge in [0.05, 0.1) is 23.3 Å². The quantitative estimate of drug-likeness (QED) is 0.717. The van der Waals surface area contributed by atoms with Crippen LogP contribution in [0.15, 0.2) is 47.4 Å². The summed E-state index contributed by atoms with van der Waals surface area (Å²) in [5, 5.41) is 2.51. The summed E-state index contributed by atoms with van der Waals surface area (Å²) in [6.45, 7) is 3.75. The Morgan fingerprint density at radius 2 is 1.93 bits per heavy atom. The van der Waals surface area contributed by atoms with Crippen molar-refractivity contribution in [3.8, 4) is 5.75 Å². The second-order valence-electron chi connectivity index (χ2n) is 6.11. The van der Waals surface area contributed by atoms with E-state index >= 15 is 0 Å². The first-order valence-corrected chi connectivity index (χ1v) is 10.0. The third-order valence-electron chi connectivity index (χ3n) is 3.93. The highest BCUT2D eigenvalue weighted by molar-refractivity contribution is 7.89. The number of sulfonamides is 1. The highest BCUT2D eigenvalue weighted by Crippen LogP contribution is 2.28. The number of ether oxygens (including phenoxy) is 1. The topological polar surface area (TPSA) is 84.5 Å². The number of halogens is 1. The van der Waals surface area contributed by atoms with Crippen molar-refractivity contribution >= 4 is 21.6 Å². The molecule has 1 amide bonds. The van der Waals surface area contributed by atoms with Crippen molar-refractivity contribution in [2.45, 2.75) is 37.6 Å². The maximum Gasteiger partial charge on any atom is 0.258 e. The molecule has 0 unspecified atom stereocenters. The van der Waals surface area contributed by atoms with E-state index in [0.717, 1.165) is 6.42 Å². The molecule has 2 N–H and O–H groups in total. The maximum absolute atomic E-state index is 13.8. The first-order chi connectivity index (χ1) is 12.8. The smallest absolute Gasteiger partial charge is 0.258 e. The van der Waals surface area contributed by atoms with Crippen molar-refractivity contribution in [2.75, 3.05) is 12.4 Å². The van der Waals surface area contributed by atoms with E-state index in [-0.39, 0.29) is 27.9 Å². The molecule has 27 heavy (non-hydrogen) atoms. The zero-order chi connectivity index (χ0) is 20.0. The lowest BCUT2D eigenvalue weighted by molar-refractivity contribution is 0.102. The highest BCUT2D eigenvalue weighted by atomic mass is 32.2. The molecule has 2 aromatic carbocycles. The minimum atomic E-state index is -3.77. The second-order valence-corrected chi connectivity index (χ2v) is 7.82. The van der Waals surface area contributed by atoms with E-state index in [4.69, 9.17) is 4.74 Å². The third-order valence-corrected chi connectivity index (χ3v) is 5.51. The van der Waals surface area contributed by atoms with Crippen LogP contribution in [0.25, 0.3) is 0 Å². The van der Waals surface area contributed by atoms with Crippen LogP contribution in [0.3, 0.4) is 0 Å². The second kappa shape index (κ2) is 8.96. The van der Waals surface area contributed by atoms with Gasteiger partial charge in [0.2, 0.25) is 10.0 Å². The summed E-state index contributed by atoms with van der Waals surface area (Å²) >= 11 is 0. The summed E-state index contributed by atoms with van der Waals surface area (Å²) in [5.41, 5.74) is -0.0146. The molecule has 0 heterocycles. The summed E-state index contributed by atoms with van der Waals surface area (Å²) in [4.78, 5) is 12.3. The van der Waals surface area contributed by atoms with Crippen LogP contribution in [0.1, 0.15) is 37.0 Å². The van der Waals surface area contributed by atoms with E-state index in [1.165, 1.54) is 49.6 Å². The van der Waals surface area contributed by atoms with Crippen molar-refractivity contribution < 1.29 is 22.3 Å². The molecular weight excluding hydrogens is 371 g/mol. The number of carbonyl (C=O) groups excluding carboxylic acids is 1. The van der Waals surface area contributed by atoms with Gasteiger partial charge in [0.25, 0.3) is 5.91 Å². The van der Waals surface area contributed by atoms with E-state index < -0.39 is 21.7 Å². The summed E-state index contributed by atoms with van der Waals surface area (Å²) in [5.74, 6) is -1.11. The lowest BCUT2D eigenvalue weighted by Crippen LogP contribution is -2.32. The van der Waals surface area contributed by atoms with Gasteiger partial charge in [0, 0.05) is 6.04 Å². The Hall–Kier alpha value is -2.45. The van der Waals surface area contributed by atoms with Crippen molar-refractivity contribution in [3.63, 3.8) is 0 Å². The van der Waals surface area contributed by atoms with Crippen LogP contribution in [-0.4, -0.2) is 27.5 Å². The molecule has 0 fully saturated rings. The molecule has 146 valence electrons.